The number of pyridine rings is 1. The quantitative estimate of drug-likeness (QED) is 0.919. The minimum absolute atomic E-state index is 0. The van der Waals surface area contributed by atoms with Crippen LogP contribution in [0.25, 0.3) is 0 Å². The van der Waals surface area contributed by atoms with E-state index in [1.54, 1.807) is 0 Å². The van der Waals surface area contributed by atoms with E-state index in [4.69, 9.17) is 28.9 Å². The molecule has 0 unspecified atom stereocenters. The zero-order valence-electron chi connectivity index (χ0n) is 7.46. The lowest BCUT2D eigenvalue weighted by Crippen LogP contribution is -2.15. The number of alkyl halides is 2. The van der Waals surface area contributed by atoms with Gasteiger partial charge in [-0.2, -0.15) is 0 Å². The summed E-state index contributed by atoms with van der Waals surface area (Å²) < 4.78 is 24.1. The van der Waals surface area contributed by atoms with E-state index in [1.807, 2.05) is 0 Å². The summed E-state index contributed by atoms with van der Waals surface area (Å²) in [6.07, 6.45) is -0.295. The van der Waals surface area contributed by atoms with E-state index < -0.39 is 18.9 Å². The highest BCUT2D eigenvalue weighted by Gasteiger charge is 2.18. The molecule has 1 atom stereocenters. The molecule has 2 nitrogen and oxygen atoms in total. The maximum Gasteiger partial charge on any atom is 0.240 e. The standard InChI is InChI=1S/C8H8Cl2F2N2.ClH/c9-4-2-14-3-5(10)8(4)6(13)1-7(11)12;/h2-3,6-7H,1,13H2;1H/t6-;/m0./s1. The average Bonchev–Trinajstić information content (AvgIpc) is 2.01. The van der Waals surface area contributed by atoms with Gasteiger partial charge in [-0.15, -0.1) is 12.4 Å². The first-order valence-corrected chi connectivity index (χ1v) is 4.60. The molecule has 0 saturated heterocycles. The molecule has 0 bridgehead atoms. The van der Waals surface area contributed by atoms with Crippen LogP contribution in [0.5, 0.6) is 0 Å². The third kappa shape index (κ3) is 4.07. The van der Waals surface area contributed by atoms with Gasteiger partial charge in [-0.3, -0.25) is 4.98 Å². The molecule has 15 heavy (non-hydrogen) atoms. The Morgan fingerprint density at radius 3 is 2.13 bits per heavy atom. The highest BCUT2D eigenvalue weighted by Crippen LogP contribution is 2.30. The molecule has 1 aromatic heterocycles. The van der Waals surface area contributed by atoms with Crippen LogP contribution in [-0.4, -0.2) is 11.4 Å². The predicted octanol–water partition coefficient (Wildman–Crippen LogP) is 3.47. The SMILES string of the molecule is Cl.N[C@@H](CC(F)F)c1c(Cl)cncc1Cl. The number of halogens is 5. The van der Waals surface area contributed by atoms with Crippen molar-refractivity contribution in [3.63, 3.8) is 0 Å². The van der Waals surface area contributed by atoms with E-state index in [0.29, 0.717) is 5.56 Å². The minimum Gasteiger partial charge on any atom is -0.324 e. The smallest absolute Gasteiger partial charge is 0.240 e. The van der Waals surface area contributed by atoms with Crippen LogP contribution < -0.4 is 5.73 Å². The zero-order valence-corrected chi connectivity index (χ0v) is 9.79. The molecule has 0 aliphatic carbocycles. The van der Waals surface area contributed by atoms with Crippen molar-refractivity contribution in [1.29, 1.82) is 0 Å². The number of hydrogen-bond acceptors (Lipinski definition) is 2. The van der Waals surface area contributed by atoms with Crippen molar-refractivity contribution in [3.8, 4) is 0 Å². The largest absolute Gasteiger partial charge is 0.324 e. The first-order valence-electron chi connectivity index (χ1n) is 3.85. The van der Waals surface area contributed by atoms with Gasteiger partial charge in [-0.25, -0.2) is 8.78 Å². The Hall–Kier alpha value is -0.160. The van der Waals surface area contributed by atoms with E-state index in [2.05, 4.69) is 4.98 Å². The molecule has 0 fully saturated rings. The van der Waals surface area contributed by atoms with Gasteiger partial charge in [0.15, 0.2) is 0 Å². The molecular weight excluding hydrogens is 268 g/mol. The van der Waals surface area contributed by atoms with E-state index in [-0.39, 0.29) is 22.5 Å². The summed E-state index contributed by atoms with van der Waals surface area (Å²) in [6, 6.07) is -0.863. The first-order chi connectivity index (χ1) is 6.52. The van der Waals surface area contributed by atoms with Gasteiger partial charge in [0, 0.05) is 30.4 Å². The lowest BCUT2D eigenvalue weighted by atomic mass is 10.1. The number of nitrogens with zero attached hydrogens (tertiary/aromatic N) is 1. The molecule has 1 aromatic rings. The normalized spacial score (nSPS) is 12.4. The third-order valence-electron chi connectivity index (χ3n) is 1.69. The molecule has 0 saturated carbocycles. The molecule has 0 aromatic carbocycles. The third-order valence-corrected chi connectivity index (χ3v) is 2.30. The van der Waals surface area contributed by atoms with E-state index >= 15 is 0 Å². The number of nitrogens with two attached hydrogens (primary N) is 1. The maximum atomic E-state index is 12.1. The summed E-state index contributed by atoms with van der Waals surface area (Å²) >= 11 is 11.5. The Bertz CT molecular complexity index is 303. The van der Waals surface area contributed by atoms with Crippen molar-refractivity contribution in [2.75, 3.05) is 0 Å². The van der Waals surface area contributed by atoms with Crippen molar-refractivity contribution in [1.82, 2.24) is 4.98 Å². The first kappa shape index (κ1) is 14.8. The average molecular weight is 278 g/mol. The summed E-state index contributed by atoms with van der Waals surface area (Å²) in [5.74, 6) is 0. The van der Waals surface area contributed by atoms with Crippen LogP contribution in [0.3, 0.4) is 0 Å². The Kier molecular flexibility index (Phi) is 6.36. The van der Waals surface area contributed by atoms with Gasteiger partial charge < -0.3 is 5.73 Å². The molecule has 0 aliphatic heterocycles. The minimum atomic E-state index is -2.48. The molecule has 2 N–H and O–H groups in total. The van der Waals surface area contributed by atoms with Crippen LogP contribution in [0.1, 0.15) is 18.0 Å². The predicted molar refractivity (Wildman–Crippen MR) is 59.1 cm³/mol. The van der Waals surface area contributed by atoms with Gasteiger partial charge in [0.1, 0.15) is 0 Å². The van der Waals surface area contributed by atoms with Crippen LogP contribution in [0.2, 0.25) is 10.0 Å². The van der Waals surface area contributed by atoms with Crippen LogP contribution in [0.4, 0.5) is 8.78 Å². The Labute approximate surface area is 102 Å². The Morgan fingerprint density at radius 2 is 1.73 bits per heavy atom. The Balaban J connectivity index is 0.00000196. The summed E-state index contributed by atoms with van der Waals surface area (Å²) in [6.45, 7) is 0. The van der Waals surface area contributed by atoms with Gasteiger partial charge in [-0.1, -0.05) is 23.2 Å². The topological polar surface area (TPSA) is 38.9 Å². The van der Waals surface area contributed by atoms with Crippen LogP contribution in [0.15, 0.2) is 12.4 Å². The fourth-order valence-corrected chi connectivity index (χ4v) is 1.73. The summed E-state index contributed by atoms with van der Waals surface area (Å²) in [5, 5.41) is 0.427. The van der Waals surface area contributed by atoms with Gasteiger partial charge >= 0.3 is 0 Å². The van der Waals surface area contributed by atoms with Crippen LogP contribution >= 0.6 is 35.6 Å². The summed E-state index contributed by atoms with van der Waals surface area (Å²) in [4.78, 5) is 3.70. The lowest BCUT2D eigenvalue weighted by Gasteiger charge is -2.14. The maximum absolute atomic E-state index is 12.1. The molecular formula is C8H9Cl3F2N2. The highest BCUT2D eigenvalue weighted by molar-refractivity contribution is 6.35. The van der Waals surface area contributed by atoms with Gasteiger partial charge in [0.2, 0.25) is 6.43 Å². The van der Waals surface area contributed by atoms with Gasteiger partial charge in [0.05, 0.1) is 10.0 Å². The number of aromatic nitrogens is 1. The van der Waals surface area contributed by atoms with Crippen LogP contribution in [-0.2, 0) is 0 Å². The van der Waals surface area contributed by atoms with Gasteiger partial charge in [0.25, 0.3) is 0 Å². The van der Waals surface area contributed by atoms with Crippen molar-refractivity contribution in [3.05, 3.63) is 28.0 Å². The number of rotatable bonds is 3. The second-order valence-corrected chi connectivity index (χ2v) is 3.56. The van der Waals surface area contributed by atoms with Crippen molar-refractivity contribution < 1.29 is 8.78 Å². The highest BCUT2D eigenvalue weighted by atomic mass is 35.5. The molecule has 7 heteroatoms. The van der Waals surface area contributed by atoms with E-state index in [0.717, 1.165) is 0 Å². The summed E-state index contributed by atoms with van der Waals surface area (Å²) in [7, 11) is 0. The zero-order chi connectivity index (χ0) is 10.7. The van der Waals surface area contributed by atoms with Crippen LogP contribution in [0, 0.1) is 0 Å². The molecule has 1 rings (SSSR count). The van der Waals surface area contributed by atoms with Gasteiger partial charge in [-0.05, 0) is 0 Å². The molecule has 0 aliphatic rings. The van der Waals surface area contributed by atoms with E-state index in [1.165, 1.54) is 12.4 Å². The fourth-order valence-electron chi connectivity index (χ4n) is 1.09. The molecule has 0 spiro atoms. The second-order valence-electron chi connectivity index (χ2n) is 2.75. The van der Waals surface area contributed by atoms with Crippen molar-refractivity contribution in [2.45, 2.75) is 18.9 Å². The lowest BCUT2D eigenvalue weighted by molar-refractivity contribution is 0.128. The fraction of sp³-hybridized carbons (Fsp3) is 0.375. The molecule has 86 valence electrons. The molecule has 0 radical (unpaired) electrons. The van der Waals surface area contributed by atoms with Crippen molar-refractivity contribution in [2.24, 2.45) is 5.73 Å². The molecule has 0 amide bonds. The summed E-state index contributed by atoms with van der Waals surface area (Å²) in [5.41, 5.74) is 5.84. The molecule has 1 heterocycles. The second kappa shape index (κ2) is 6.43. The van der Waals surface area contributed by atoms with E-state index in [9.17, 15) is 8.78 Å². The Morgan fingerprint density at radius 1 is 1.27 bits per heavy atom. The van der Waals surface area contributed by atoms with Crippen molar-refractivity contribution >= 4 is 35.6 Å². The monoisotopic (exact) mass is 276 g/mol. The number of hydrogen-bond donors (Lipinski definition) is 1.